The van der Waals surface area contributed by atoms with E-state index in [2.05, 4.69) is 21.8 Å². The Morgan fingerprint density at radius 3 is 2.70 bits per heavy atom. The van der Waals surface area contributed by atoms with Crippen LogP contribution in [0.2, 0.25) is 0 Å². The van der Waals surface area contributed by atoms with Crippen LogP contribution in [0.15, 0.2) is 42.7 Å². The summed E-state index contributed by atoms with van der Waals surface area (Å²) < 4.78 is 5.38. The SMILES string of the molecule is CC#CCOc1cc(C(C)(O)c2ccccc2)ncn1. The van der Waals surface area contributed by atoms with Crippen LogP contribution in [-0.2, 0) is 5.60 Å². The third-order valence-corrected chi connectivity index (χ3v) is 2.95. The van der Waals surface area contributed by atoms with Crippen molar-refractivity contribution in [1.82, 2.24) is 9.97 Å². The van der Waals surface area contributed by atoms with Gasteiger partial charge in [-0.2, -0.15) is 0 Å². The van der Waals surface area contributed by atoms with Crippen molar-refractivity contribution in [3.63, 3.8) is 0 Å². The molecule has 0 saturated carbocycles. The zero-order valence-electron chi connectivity index (χ0n) is 11.5. The monoisotopic (exact) mass is 268 g/mol. The lowest BCUT2D eigenvalue weighted by Gasteiger charge is -2.23. The first-order chi connectivity index (χ1) is 9.64. The molecule has 2 rings (SSSR count). The Hall–Kier alpha value is -2.38. The molecule has 0 aliphatic rings. The second-order valence-corrected chi connectivity index (χ2v) is 4.40. The van der Waals surface area contributed by atoms with Gasteiger partial charge in [0.05, 0.1) is 5.69 Å². The third-order valence-electron chi connectivity index (χ3n) is 2.95. The Balaban J connectivity index is 2.27. The first-order valence-corrected chi connectivity index (χ1v) is 6.27. The number of benzene rings is 1. The molecule has 0 aliphatic carbocycles. The minimum atomic E-state index is -1.20. The Morgan fingerprint density at radius 2 is 2.00 bits per heavy atom. The largest absolute Gasteiger partial charge is 0.464 e. The number of rotatable bonds is 4. The summed E-state index contributed by atoms with van der Waals surface area (Å²) in [5, 5.41) is 10.7. The van der Waals surface area contributed by atoms with Gasteiger partial charge in [0.2, 0.25) is 5.88 Å². The number of aliphatic hydroxyl groups is 1. The molecule has 102 valence electrons. The second-order valence-electron chi connectivity index (χ2n) is 4.40. The summed E-state index contributed by atoms with van der Waals surface area (Å²) in [7, 11) is 0. The second kappa shape index (κ2) is 6.18. The molecule has 0 spiro atoms. The highest BCUT2D eigenvalue weighted by Gasteiger charge is 2.27. The molecule has 0 bridgehead atoms. The standard InChI is InChI=1S/C16H16N2O2/c1-3-4-10-20-15-11-14(17-12-18-15)16(2,19)13-8-6-5-7-9-13/h5-9,11-12,19H,10H2,1-2H3. The molecule has 20 heavy (non-hydrogen) atoms. The van der Waals surface area contributed by atoms with Gasteiger partial charge in [-0.1, -0.05) is 36.3 Å². The average molecular weight is 268 g/mol. The highest BCUT2D eigenvalue weighted by atomic mass is 16.5. The van der Waals surface area contributed by atoms with E-state index in [4.69, 9.17) is 4.74 Å². The molecule has 1 atom stereocenters. The van der Waals surface area contributed by atoms with Crippen LogP contribution in [0.3, 0.4) is 0 Å². The summed E-state index contributed by atoms with van der Waals surface area (Å²) in [6, 6.07) is 11.0. The van der Waals surface area contributed by atoms with Crippen molar-refractivity contribution in [2.75, 3.05) is 6.61 Å². The summed E-state index contributed by atoms with van der Waals surface area (Å²) >= 11 is 0. The van der Waals surface area contributed by atoms with Crippen LogP contribution >= 0.6 is 0 Å². The molecule has 0 amide bonds. The molecule has 1 aromatic carbocycles. The smallest absolute Gasteiger partial charge is 0.217 e. The van der Waals surface area contributed by atoms with Crippen LogP contribution in [0, 0.1) is 11.8 Å². The minimum absolute atomic E-state index is 0.264. The van der Waals surface area contributed by atoms with Crippen molar-refractivity contribution in [1.29, 1.82) is 0 Å². The van der Waals surface area contributed by atoms with Crippen molar-refractivity contribution in [3.8, 4) is 17.7 Å². The first-order valence-electron chi connectivity index (χ1n) is 6.27. The predicted octanol–water partition coefficient (Wildman–Crippen LogP) is 2.13. The lowest BCUT2D eigenvalue weighted by Crippen LogP contribution is -2.24. The molecule has 2 aromatic rings. The van der Waals surface area contributed by atoms with Crippen molar-refractivity contribution >= 4 is 0 Å². The topological polar surface area (TPSA) is 55.2 Å². The van der Waals surface area contributed by atoms with Crippen LogP contribution < -0.4 is 4.74 Å². The number of aromatic nitrogens is 2. The van der Waals surface area contributed by atoms with Gasteiger partial charge in [-0.05, 0) is 19.4 Å². The van der Waals surface area contributed by atoms with E-state index in [0.29, 0.717) is 11.6 Å². The molecule has 0 aliphatic heterocycles. The molecule has 1 aromatic heterocycles. The van der Waals surface area contributed by atoms with Gasteiger partial charge in [-0.15, -0.1) is 5.92 Å². The molecular formula is C16H16N2O2. The van der Waals surface area contributed by atoms with E-state index in [1.165, 1.54) is 6.33 Å². The van der Waals surface area contributed by atoms with Gasteiger partial charge in [0.15, 0.2) is 6.61 Å². The maximum absolute atomic E-state index is 10.7. The van der Waals surface area contributed by atoms with Crippen molar-refractivity contribution in [2.24, 2.45) is 0 Å². The maximum atomic E-state index is 10.7. The molecule has 1 heterocycles. The van der Waals surface area contributed by atoms with Crippen molar-refractivity contribution < 1.29 is 9.84 Å². The first kappa shape index (κ1) is 14.0. The van der Waals surface area contributed by atoms with E-state index >= 15 is 0 Å². The molecule has 1 unspecified atom stereocenters. The normalized spacial score (nSPS) is 12.9. The quantitative estimate of drug-likeness (QED) is 0.863. The fourth-order valence-corrected chi connectivity index (χ4v) is 1.78. The maximum Gasteiger partial charge on any atom is 0.217 e. The van der Waals surface area contributed by atoms with Crippen LogP contribution in [0.25, 0.3) is 0 Å². The van der Waals surface area contributed by atoms with E-state index in [9.17, 15) is 5.11 Å². The lowest BCUT2D eigenvalue weighted by atomic mass is 9.92. The Labute approximate surface area is 118 Å². The molecule has 4 heteroatoms. The Bertz CT molecular complexity index is 628. The molecule has 0 fully saturated rings. The number of hydrogen-bond acceptors (Lipinski definition) is 4. The molecule has 0 saturated heterocycles. The Morgan fingerprint density at radius 1 is 1.25 bits per heavy atom. The summed E-state index contributed by atoms with van der Waals surface area (Å²) in [6.45, 7) is 3.70. The highest BCUT2D eigenvalue weighted by Crippen LogP contribution is 2.28. The fraction of sp³-hybridized carbons (Fsp3) is 0.250. The van der Waals surface area contributed by atoms with Crippen LogP contribution in [0.4, 0.5) is 0 Å². The van der Waals surface area contributed by atoms with Gasteiger partial charge in [-0.3, -0.25) is 0 Å². The van der Waals surface area contributed by atoms with Gasteiger partial charge in [0, 0.05) is 6.07 Å². The third kappa shape index (κ3) is 3.14. The summed E-state index contributed by atoms with van der Waals surface area (Å²) in [6.07, 6.45) is 1.38. The van der Waals surface area contributed by atoms with E-state index in [1.54, 1.807) is 19.9 Å². The zero-order valence-corrected chi connectivity index (χ0v) is 11.5. The van der Waals surface area contributed by atoms with Gasteiger partial charge in [0.25, 0.3) is 0 Å². The predicted molar refractivity (Wildman–Crippen MR) is 76.1 cm³/mol. The van der Waals surface area contributed by atoms with E-state index in [0.717, 1.165) is 5.56 Å². The zero-order chi connectivity index (χ0) is 14.4. The van der Waals surface area contributed by atoms with Crippen molar-refractivity contribution in [2.45, 2.75) is 19.4 Å². The van der Waals surface area contributed by atoms with Crippen molar-refractivity contribution in [3.05, 3.63) is 54.0 Å². The van der Waals surface area contributed by atoms with E-state index in [-0.39, 0.29) is 6.61 Å². The Kier molecular flexibility index (Phi) is 4.34. The van der Waals surface area contributed by atoms with Gasteiger partial charge in [-0.25, -0.2) is 9.97 Å². The summed E-state index contributed by atoms with van der Waals surface area (Å²) in [4.78, 5) is 8.14. The van der Waals surface area contributed by atoms with Gasteiger partial charge in [0.1, 0.15) is 11.9 Å². The van der Waals surface area contributed by atoms with Gasteiger partial charge >= 0.3 is 0 Å². The number of hydrogen-bond donors (Lipinski definition) is 1. The summed E-state index contributed by atoms with van der Waals surface area (Å²) in [5.41, 5.74) is 0.0508. The fourth-order valence-electron chi connectivity index (χ4n) is 1.78. The number of ether oxygens (including phenoxy) is 1. The molecule has 1 N–H and O–H groups in total. The summed E-state index contributed by atoms with van der Waals surface area (Å²) in [5.74, 6) is 5.93. The number of nitrogens with zero attached hydrogens (tertiary/aromatic N) is 2. The average Bonchev–Trinajstić information content (AvgIpc) is 2.49. The van der Waals surface area contributed by atoms with E-state index in [1.807, 2.05) is 30.3 Å². The van der Waals surface area contributed by atoms with E-state index < -0.39 is 5.60 Å². The van der Waals surface area contributed by atoms with Crippen LogP contribution in [0.5, 0.6) is 5.88 Å². The molecular weight excluding hydrogens is 252 g/mol. The minimum Gasteiger partial charge on any atom is -0.464 e. The lowest BCUT2D eigenvalue weighted by molar-refractivity contribution is 0.0967. The molecule has 0 radical (unpaired) electrons. The molecule has 4 nitrogen and oxygen atoms in total. The highest BCUT2D eigenvalue weighted by molar-refractivity contribution is 5.32. The van der Waals surface area contributed by atoms with Crippen LogP contribution in [0.1, 0.15) is 25.1 Å². The van der Waals surface area contributed by atoms with Crippen LogP contribution in [-0.4, -0.2) is 21.7 Å². The van der Waals surface area contributed by atoms with Gasteiger partial charge < -0.3 is 9.84 Å².